The lowest BCUT2D eigenvalue weighted by Crippen LogP contribution is -2.46. The molecule has 2 saturated heterocycles. The maximum absolute atomic E-state index is 13.7. The van der Waals surface area contributed by atoms with Crippen molar-refractivity contribution in [3.8, 4) is 17.0 Å². The summed E-state index contributed by atoms with van der Waals surface area (Å²) in [5.41, 5.74) is 1.31. The van der Waals surface area contributed by atoms with E-state index in [-0.39, 0.29) is 0 Å². The lowest BCUT2D eigenvalue weighted by Gasteiger charge is -2.38. The number of aromatic hydroxyl groups is 1. The summed E-state index contributed by atoms with van der Waals surface area (Å²) in [7, 11) is 0. The van der Waals surface area contributed by atoms with Gasteiger partial charge < -0.3 is 19.8 Å². The topological polar surface area (TPSA) is 68.1 Å². The van der Waals surface area contributed by atoms with E-state index < -0.39 is 11.6 Å². The van der Waals surface area contributed by atoms with E-state index in [1.54, 1.807) is 6.07 Å². The number of phenolic OH excluding ortho intramolecular Hbond substituents is 1. The summed E-state index contributed by atoms with van der Waals surface area (Å²) in [5.74, 6) is 1.11. The van der Waals surface area contributed by atoms with Crippen molar-refractivity contribution in [3.63, 3.8) is 0 Å². The molecule has 186 valence electrons. The molecule has 1 atom stereocenters. The first kappa shape index (κ1) is 25.0. The Morgan fingerprint density at radius 3 is 2.60 bits per heavy atom. The number of rotatable bonds is 6. The summed E-state index contributed by atoms with van der Waals surface area (Å²) in [6, 6.07) is 6.57. The van der Waals surface area contributed by atoms with Crippen LogP contribution in [-0.4, -0.2) is 65.5 Å². The molecule has 1 aromatic carbocycles. The van der Waals surface area contributed by atoms with Crippen molar-refractivity contribution >= 4 is 30.1 Å². The summed E-state index contributed by atoms with van der Waals surface area (Å²) in [5, 5.41) is 10.5. The normalized spacial score (nSPS) is 19.8. The number of aliphatic imine (C=N–C) groups is 1. The van der Waals surface area contributed by atoms with Gasteiger partial charge in [0.25, 0.3) is 0 Å². The number of allylic oxidation sites excluding steroid dienone is 3. The first-order valence-electron chi connectivity index (χ1n) is 12.0. The second-order valence-corrected chi connectivity index (χ2v) is 9.33. The molecule has 0 radical (unpaired) electrons. The Labute approximate surface area is 211 Å². The zero-order chi connectivity index (χ0) is 24.9. The minimum atomic E-state index is -0.653. The maximum atomic E-state index is 13.7. The minimum absolute atomic E-state index is 0.338. The Hall–Kier alpha value is -3.13. The third-order valence-electron chi connectivity index (χ3n) is 6.58. The van der Waals surface area contributed by atoms with Crippen molar-refractivity contribution in [2.75, 3.05) is 42.5 Å². The van der Waals surface area contributed by atoms with Crippen LogP contribution in [0.1, 0.15) is 33.1 Å². The van der Waals surface area contributed by atoms with Crippen LogP contribution in [0.2, 0.25) is 0 Å². The average molecular weight is 499 g/mol. The second kappa shape index (κ2) is 11.1. The van der Waals surface area contributed by atoms with Gasteiger partial charge in [-0.2, -0.15) is 4.98 Å². The number of phenols is 1. The quantitative estimate of drug-likeness (QED) is 0.437. The molecule has 1 aromatic heterocycles. The Morgan fingerprint density at radius 1 is 1.17 bits per heavy atom. The lowest BCUT2D eigenvalue weighted by atomic mass is 10.0. The van der Waals surface area contributed by atoms with Crippen LogP contribution in [0.25, 0.3) is 11.3 Å². The molecule has 2 aliphatic rings. The molecule has 0 amide bonds. The molecule has 0 bridgehead atoms. The van der Waals surface area contributed by atoms with E-state index in [4.69, 9.17) is 21.6 Å². The van der Waals surface area contributed by atoms with Crippen molar-refractivity contribution in [3.05, 3.63) is 53.1 Å². The van der Waals surface area contributed by atoms with Crippen LogP contribution in [0, 0.1) is 5.82 Å². The van der Waals surface area contributed by atoms with E-state index >= 15 is 0 Å². The molecule has 2 aliphatic heterocycles. The van der Waals surface area contributed by atoms with Gasteiger partial charge in [-0.15, -0.1) is 0 Å². The number of hydrogen-bond acceptors (Lipinski definition) is 7. The Balaban J connectivity index is 1.65. The Kier molecular flexibility index (Phi) is 7.90. The highest BCUT2D eigenvalue weighted by molar-refractivity contribution is 6.31. The molecule has 2 aromatic rings. The first-order chi connectivity index (χ1) is 16.9. The highest BCUT2D eigenvalue weighted by atomic mass is 35.5. The fraction of sp³-hybridized carbons (Fsp3) is 0.423. The van der Waals surface area contributed by atoms with E-state index in [9.17, 15) is 9.50 Å². The monoisotopic (exact) mass is 498 g/mol. The fourth-order valence-electron chi connectivity index (χ4n) is 4.62. The molecule has 9 heteroatoms. The van der Waals surface area contributed by atoms with Crippen molar-refractivity contribution in [2.24, 2.45) is 4.99 Å². The van der Waals surface area contributed by atoms with E-state index in [2.05, 4.69) is 33.3 Å². The van der Waals surface area contributed by atoms with Crippen LogP contribution in [0.5, 0.6) is 5.75 Å². The standard InChI is InChI=1S/C26H32ClFN6O/c1-4-7-20(27)25(29-3)33-14-12-32(13-15-33)24-17-22(19-9-10-21(28)23(35)16-19)30-26(31-24)34-11-6-5-8-18(34)2/h4,7,9-10,16-18,35H,3,5-6,8,11-15H2,1-2H3/b7-4-,25-20-. The molecule has 35 heavy (non-hydrogen) atoms. The van der Waals surface area contributed by atoms with E-state index in [1.807, 2.05) is 25.1 Å². The van der Waals surface area contributed by atoms with Gasteiger partial charge in [0.15, 0.2) is 11.6 Å². The van der Waals surface area contributed by atoms with Crippen LogP contribution in [0.15, 0.2) is 52.3 Å². The highest BCUT2D eigenvalue weighted by Gasteiger charge is 2.25. The summed E-state index contributed by atoms with van der Waals surface area (Å²) in [6.07, 6.45) is 7.08. The van der Waals surface area contributed by atoms with Crippen LogP contribution in [0.3, 0.4) is 0 Å². The summed E-state index contributed by atoms with van der Waals surface area (Å²) >= 11 is 6.40. The number of hydrogen-bond donors (Lipinski definition) is 1. The molecule has 4 rings (SSSR count). The predicted octanol–water partition coefficient (Wildman–Crippen LogP) is 5.17. The summed E-state index contributed by atoms with van der Waals surface area (Å²) in [6.45, 7) is 11.6. The van der Waals surface area contributed by atoms with Crippen molar-refractivity contribution in [1.29, 1.82) is 0 Å². The zero-order valence-corrected chi connectivity index (χ0v) is 21.0. The highest BCUT2D eigenvalue weighted by Crippen LogP contribution is 2.31. The largest absolute Gasteiger partial charge is 0.505 e. The maximum Gasteiger partial charge on any atom is 0.228 e. The number of nitrogens with zero attached hydrogens (tertiary/aromatic N) is 6. The van der Waals surface area contributed by atoms with Gasteiger partial charge in [-0.3, -0.25) is 0 Å². The fourth-order valence-corrected chi connectivity index (χ4v) is 4.93. The van der Waals surface area contributed by atoms with Crippen LogP contribution in [0.4, 0.5) is 16.2 Å². The summed E-state index contributed by atoms with van der Waals surface area (Å²) in [4.78, 5) is 20.5. The number of benzene rings is 1. The molecule has 3 heterocycles. The third kappa shape index (κ3) is 5.59. The molecule has 1 unspecified atom stereocenters. The second-order valence-electron chi connectivity index (χ2n) is 8.92. The lowest BCUT2D eigenvalue weighted by molar-refractivity contribution is 0.317. The Bertz CT molecular complexity index is 1130. The van der Waals surface area contributed by atoms with Gasteiger partial charge in [0, 0.05) is 50.4 Å². The van der Waals surface area contributed by atoms with Crippen LogP contribution < -0.4 is 9.80 Å². The predicted molar refractivity (Wildman–Crippen MR) is 141 cm³/mol. The molecule has 1 N–H and O–H groups in total. The average Bonchev–Trinajstić information content (AvgIpc) is 2.87. The van der Waals surface area contributed by atoms with Gasteiger partial charge in [0.05, 0.1) is 10.7 Å². The van der Waals surface area contributed by atoms with Crippen molar-refractivity contribution < 1.29 is 9.50 Å². The van der Waals surface area contributed by atoms with Gasteiger partial charge in [0.2, 0.25) is 5.95 Å². The smallest absolute Gasteiger partial charge is 0.228 e. The van der Waals surface area contributed by atoms with Crippen molar-refractivity contribution in [1.82, 2.24) is 14.9 Å². The van der Waals surface area contributed by atoms with Crippen LogP contribution >= 0.6 is 11.6 Å². The van der Waals surface area contributed by atoms with Gasteiger partial charge in [0.1, 0.15) is 11.6 Å². The molecule has 0 spiro atoms. The van der Waals surface area contributed by atoms with E-state index in [1.165, 1.54) is 18.6 Å². The van der Waals surface area contributed by atoms with Gasteiger partial charge in [-0.05, 0) is 64.1 Å². The van der Waals surface area contributed by atoms with Gasteiger partial charge in [-0.25, -0.2) is 14.4 Å². The molecule has 2 fully saturated rings. The molecular formula is C26H32ClFN6O. The van der Waals surface area contributed by atoms with Gasteiger partial charge in [-0.1, -0.05) is 17.7 Å². The number of halogens is 2. The SMILES string of the molecule is C=N/C(=C(Cl)\C=C/C)N1CCN(c2cc(-c3ccc(F)c(O)c3)nc(N3CCCCC3C)n2)CC1. The summed E-state index contributed by atoms with van der Waals surface area (Å²) < 4.78 is 13.7. The number of piperazine rings is 1. The van der Waals surface area contributed by atoms with E-state index in [0.717, 1.165) is 38.3 Å². The number of aromatic nitrogens is 2. The molecule has 0 aliphatic carbocycles. The van der Waals surface area contributed by atoms with E-state index in [0.29, 0.717) is 47.2 Å². The number of piperidine rings is 1. The first-order valence-corrected chi connectivity index (χ1v) is 12.4. The third-order valence-corrected chi connectivity index (χ3v) is 6.88. The molecular weight excluding hydrogens is 467 g/mol. The zero-order valence-electron chi connectivity index (χ0n) is 20.3. The van der Waals surface area contributed by atoms with Crippen molar-refractivity contribution in [2.45, 2.75) is 39.2 Å². The number of anilines is 2. The Morgan fingerprint density at radius 2 is 1.94 bits per heavy atom. The van der Waals surface area contributed by atoms with Crippen LogP contribution in [-0.2, 0) is 0 Å². The van der Waals surface area contributed by atoms with Gasteiger partial charge >= 0.3 is 0 Å². The molecule has 0 saturated carbocycles. The molecule has 7 nitrogen and oxygen atoms in total. The minimum Gasteiger partial charge on any atom is -0.505 e.